The fourth-order valence-electron chi connectivity index (χ4n) is 2.74. The number of hydrogen-bond donors (Lipinski definition) is 2. The Morgan fingerprint density at radius 1 is 1.33 bits per heavy atom. The number of hydrogen-bond acceptors (Lipinski definition) is 4. The van der Waals surface area contributed by atoms with E-state index in [0.29, 0.717) is 29.1 Å². The van der Waals surface area contributed by atoms with Crippen molar-refractivity contribution in [1.82, 2.24) is 4.72 Å². The average Bonchev–Trinajstić information content (AvgIpc) is 2.89. The van der Waals surface area contributed by atoms with Crippen LogP contribution in [-0.2, 0) is 14.8 Å². The predicted molar refractivity (Wildman–Crippen MR) is 83.8 cm³/mol. The monoisotopic (exact) mass is 312 g/mol. The summed E-state index contributed by atoms with van der Waals surface area (Å²) in [5.74, 6) is 0. The minimum atomic E-state index is -3.54. The van der Waals surface area contributed by atoms with Crippen LogP contribution in [0, 0.1) is 20.8 Å². The fraction of sp³-hybridized carbons (Fsp3) is 0.600. The first-order chi connectivity index (χ1) is 9.83. The van der Waals surface area contributed by atoms with Gasteiger partial charge in [0.2, 0.25) is 10.0 Å². The first-order valence-electron chi connectivity index (χ1n) is 7.30. The minimum Gasteiger partial charge on any atom is -0.398 e. The molecule has 21 heavy (non-hydrogen) atoms. The Bertz CT molecular complexity index is 594. The second-order valence-corrected chi connectivity index (χ2v) is 7.39. The molecule has 5 nitrogen and oxygen atoms in total. The lowest BCUT2D eigenvalue weighted by molar-refractivity contribution is 0.105. The molecule has 6 heteroatoms. The third-order valence-corrected chi connectivity index (χ3v) is 5.86. The zero-order valence-electron chi connectivity index (χ0n) is 12.9. The summed E-state index contributed by atoms with van der Waals surface area (Å²) >= 11 is 0. The van der Waals surface area contributed by atoms with Gasteiger partial charge in [-0.25, -0.2) is 13.1 Å². The van der Waals surface area contributed by atoms with E-state index in [4.69, 9.17) is 10.5 Å². The molecule has 1 aromatic rings. The molecule has 1 saturated heterocycles. The number of nitrogens with two attached hydrogens (primary N) is 1. The summed E-state index contributed by atoms with van der Waals surface area (Å²) in [6.45, 7) is 6.60. The summed E-state index contributed by atoms with van der Waals surface area (Å²) < 4.78 is 33.3. The van der Waals surface area contributed by atoms with Crippen LogP contribution < -0.4 is 10.5 Å². The maximum Gasteiger partial charge on any atom is 0.241 e. The van der Waals surface area contributed by atoms with E-state index in [9.17, 15) is 8.42 Å². The number of nitrogens with one attached hydrogen (secondary N) is 1. The summed E-state index contributed by atoms with van der Waals surface area (Å²) in [6.07, 6.45) is 2.96. The van der Waals surface area contributed by atoms with Gasteiger partial charge in [0, 0.05) is 18.8 Å². The largest absolute Gasteiger partial charge is 0.398 e. The quantitative estimate of drug-likeness (QED) is 0.815. The number of aryl methyl sites for hydroxylation is 1. The van der Waals surface area contributed by atoms with E-state index in [0.717, 1.165) is 30.6 Å². The van der Waals surface area contributed by atoms with Crippen LogP contribution in [0.1, 0.15) is 36.0 Å². The summed E-state index contributed by atoms with van der Waals surface area (Å²) in [4.78, 5) is 0.312. The van der Waals surface area contributed by atoms with Gasteiger partial charge >= 0.3 is 0 Å². The van der Waals surface area contributed by atoms with Crippen LogP contribution in [0.15, 0.2) is 11.0 Å². The molecule has 0 spiro atoms. The Kier molecular flexibility index (Phi) is 4.91. The van der Waals surface area contributed by atoms with E-state index < -0.39 is 10.0 Å². The standard InChI is InChI=1S/C15H24N2O3S/c1-10-9-14(16)12(3)15(11(10)2)21(18,19)17-7-6-13-5-4-8-20-13/h9,13,17H,4-8,16H2,1-3H3. The second-order valence-electron chi connectivity index (χ2n) is 5.68. The number of rotatable bonds is 5. The van der Waals surface area contributed by atoms with Gasteiger partial charge in [-0.3, -0.25) is 0 Å². The highest BCUT2D eigenvalue weighted by molar-refractivity contribution is 7.89. The molecule has 1 aliphatic heterocycles. The zero-order chi connectivity index (χ0) is 15.6. The Morgan fingerprint density at radius 3 is 2.67 bits per heavy atom. The van der Waals surface area contributed by atoms with Crippen molar-refractivity contribution in [2.24, 2.45) is 0 Å². The van der Waals surface area contributed by atoms with Crippen molar-refractivity contribution in [2.45, 2.75) is 51.0 Å². The molecule has 1 unspecified atom stereocenters. The topological polar surface area (TPSA) is 81.4 Å². The van der Waals surface area contributed by atoms with Gasteiger partial charge in [-0.15, -0.1) is 0 Å². The normalized spacial score (nSPS) is 19.1. The molecule has 1 aliphatic rings. The number of sulfonamides is 1. The van der Waals surface area contributed by atoms with Crippen LogP contribution >= 0.6 is 0 Å². The molecule has 0 saturated carbocycles. The third kappa shape index (κ3) is 3.56. The third-order valence-electron chi connectivity index (χ3n) is 4.13. The number of anilines is 1. The van der Waals surface area contributed by atoms with Crippen LogP contribution in [0.3, 0.4) is 0 Å². The molecule has 118 valence electrons. The van der Waals surface area contributed by atoms with Gasteiger partial charge in [-0.2, -0.15) is 0 Å². The number of ether oxygens (including phenoxy) is 1. The van der Waals surface area contributed by atoms with E-state index in [1.807, 2.05) is 19.9 Å². The van der Waals surface area contributed by atoms with Crippen molar-refractivity contribution in [3.05, 3.63) is 22.8 Å². The molecular formula is C15H24N2O3S. The van der Waals surface area contributed by atoms with Gasteiger partial charge in [0.05, 0.1) is 11.0 Å². The van der Waals surface area contributed by atoms with Crippen molar-refractivity contribution in [3.8, 4) is 0 Å². The van der Waals surface area contributed by atoms with Gasteiger partial charge in [0.25, 0.3) is 0 Å². The summed E-state index contributed by atoms with van der Waals surface area (Å²) in [5, 5.41) is 0. The molecular weight excluding hydrogens is 288 g/mol. The first-order valence-corrected chi connectivity index (χ1v) is 8.79. The predicted octanol–water partition coefficient (Wildman–Crippen LogP) is 2.04. The molecule has 0 amide bonds. The number of benzene rings is 1. The lowest BCUT2D eigenvalue weighted by Gasteiger charge is -2.16. The van der Waals surface area contributed by atoms with E-state index >= 15 is 0 Å². The van der Waals surface area contributed by atoms with Crippen LogP contribution in [-0.4, -0.2) is 27.7 Å². The van der Waals surface area contributed by atoms with E-state index in [-0.39, 0.29) is 6.10 Å². The molecule has 0 aliphatic carbocycles. The van der Waals surface area contributed by atoms with Gasteiger partial charge < -0.3 is 10.5 Å². The molecule has 1 fully saturated rings. The summed E-state index contributed by atoms with van der Waals surface area (Å²) in [5.41, 5.74) is 8.67. The SMILES string of the molecule is Cc1cc(N)c(C)c(S(=O)(=O)NCCC2CCCO2)c1C. The smallest absolute Gasteiger partial charge is 0.241 e. The van der Waals surface area contributed by atoms with Gasteiger partial charge in [0.15, 0.2) is 0 Å². The molecule has 1 atom stereocenters. The minimum absolute atomic E-state index is 0.178. The highest BCUT2D eigenvalue weighted by atomic mass is 32.2. The van der Waals surface area contributed by atoms with Gasteiger partial charge in [0.1, 0.15) is 0 Å². The molecule has 1 heterocycles. The Labute approximate surface area is 126 Å². The molecule has 3 N–H and O–H groups in total. The lowest BCUT2D eigenvalue weighted by atomic mass is 10.1. The molecule has 0 aromatic heterocycles. The van der Waals surface area contributed by atoms with Crippen molar-refractivity contribution in [1.29, 1.82) is 0 Å². The lowest BCUT2D eigenvalue weighted by Crippen LogP contribution is -2.28. The molecule has 1 aromatic carbocycles. The first kappa shape index (κ1) is 16.3. The van der Waals surface area contributed by atoms with Gasteiger partial charge in [-0.1, -0.05) is 0 Å². The van der Waals surface area contributed by atoms with E-state index in [1.165, 1.54) is 0 Å². The van der Waals surface area contributed by atoms with E-state index in [2.05, 4.69) is 4.72 Å². The zero-order valence-corrected chi connectivity index (χ0v) is 13.7. The van der Waals surface area contributed by atoms with Crippen molar-refractivity contribution in [2.75, 3.05) is 18.9 Å². The Morgan fingerprint density at radius 2 is 2.05 bits per heavy atom. The average molecular weight is 312 g/mol. The maximum atomic E-state index is 12.5. The second kappa shape index (κ2) is 6.34. The number of nitrogen functional groups attached to an aromatic ring is 1. The maximum absolute atomic E-state index is 12.5. The molecule has 2 rings (SSSR count). The molecule has 0 bridgehead atoms. The Hall–Kier alpha value is -1.11. The summed E-state index contributed by atoms with van der Waals surface area (Å²) in [7, 11) is -3.54. The highest BCUT2D eigenvalue weighted by Gasteiger charge is 2.23. The van der Waals surface area contributed by atoms with Crippen LogP contribution in [0.2, 0.25) is 0 Å². The van der Waals surface area contributed by atoms with Gasteiger partial charge in [-0.05, 0) is 62.8 Å². The van der Waals surface area contributed by atoms with Crippen LogP contribution in [0.25, 0.3) is 0 Å². The Balaban J connectivity index is 2.15. The van der Waals surface area contributed by atoms with Crippen molar-refractivity contribution < 1.29 is 13.2 Å². The summed E-state index contributed by atoms with van der Waals surface area (Å²) in [6, 6.07) is 1.82. The van der Waals surface area contributed by atoms with Crippen LogP contribution in [0.4, 0.5) is 5.69 Å². The molecule has 0 radical (unpaired) electrons. The van der Waals surface area contributed by atoms with E-state index in [1.54, 1.807) is 6.92 Å². The van der Waals surface area contributed by atoms with Crippen molar-refractivity contribution in [3.63, 3.8) is 0 Å². The fourth-order valence-corrected chi connectivity index (χ4v) is 4.36. The van der Waals surface area contributed by atoms with Crippen molar-refractivity contribution >= 4 is 15.7 Å². The van der Waals surface area contributed by atoms with Crippen LogP contribution in [0.5, 0.6) is 0 Å². The highest BCUT2D eigenvalue weighted by Crippen LogP contribution is 2.27.